The molecule has 21 heavy (non-hydrogen) atoms. The SMILES string of the molecule is Cc1c(CO)cccc1S(=O)(=O)N1CCN2CCCC2C1. The summed E-state index contributed by atoms with van der Waals surface area (Å²) in [5, 5.41) is 9.33. The van der Waals surface area contributed by atoms with Crippen molar-refractivity contribution < 1.29 is 13.5 Å². The lowest BCUT2D eigenvalue weighted by molar-refractivity contribution is 0.158. The molecule has 1 atom stereocenters. The molecule has 0 spiro atoms. The summed E-state index contributed by atoms with van der Waals surface area (Å²) in [7, 11) is -3.47. The fourth-order valence-electron chi connectivity index (χ4n) is 3.43. The molecule has 2 saturated heterocycles. The Morgan fingerprint density at radius 1 is 1.29 bits per heavy atom. The molecule has 2 fully saturated rings. The van der Waals surface area contributed by atoms with E-state index >= 15 is 0 Å². The lowest BCUT2D eigenvalue weighted by atomic mass is 10.1. The van der Waals surface area contributed by atoms with Crippen LogP contribution in [0.3, 0.4) is 0 Å². The van der Waals surface area contributed by atoms with Gasteiger partial charge < -0.3 is 5.11 Å². The molecule has 5 nitrogen and oxygen atoms in total. The van der Waals surface area contributed by atoms with E-state index in [1.54, 1.807) is 29.4 Å². The Morgan fingerprint density at radius 3 is 2.86 bits per heavy atom. The molecule has 2 heterocycles. The topological polar surface area (TPSA) is 60.9 Å². The number of nitrogens with zero attached hydrogens (tertiary/aromatic N) is 2. The number of aliphatic hydroxyl groups is 1. The van der Waals surface area contributed by atoms with Crippen molar-refractivity contribution in [3.8, 4) is 0 Å². The molecule has 1 unspecified atom stereocenters. The highest BCUT2D eigenvalue weighted by Crippen LogP contribution is 2.28. The first kappa shape index (κ1) is 15.0. The van der Waals surface area contributed by atoms with Crippen LogP contribution in [0.4, 0.5) is 0 Å². The summed E-state index contributed by atoms with van der Waals surface area (Å²) in [6.07, 6.45) is 2.25. The van der Waals surface area contributed by atoms with Gasteiger partial charge in [0.2, 0.25) is 10.0 Å². The first-order chi connectivity index (χ1) is 10.0. The maximum atomic E-state index is 12.9. The molecule has 0 bridgehead atoms. The van der Waals surface area contributed by atoms with Gasteiger partial charge >= 0.3 is 0 Å². The average Bonchev–Trinajstić information content (AvgIpc) is 2.94. The molecule has 1 aromatic rings. The molecule has 0 amide bonds. The second-order valence-corrected chi connectivity index (χ2v) is 7.80. The summed E-state index contributed by atoms with van der Waals surface area (Å²) in [4.78, 5) is 2.73. The monoisotopic (exact) mass is 310 g/mol. The van der Waals surface area contributed by atoms with Gasteiger partial charge in [-0.2, -0.15) is 4.31 Å². The molecular formula is C15H22N2O3S. The Labute approximate surface area is 126 Å². The summed E-state index contributed by atoms with van der Waals surface area (Å²) in [6.45, 7) is 4.70. The van der Waals surface area contributed by atoms with E-state index in [2.05, 4.69) is 4.90 Å². The van der Waals surface area contributed by atoms with E-state index in [1.165, 1.54) is 0 Å². The zero-order valence-electron chi connectivity index (χ0n) is 12.3. The third kappa shape index (κ3) is 2.61. The van der Waals surface area contributed by atoms with Gasteiger partial charge in [0, 0.05) is 25.7 Å². The Bertz CT molecular complexity index is 630. The summed E-state index contributed by atoms with van der Waals surface area (Å²) in [6, 6.07) is 5.49. The van der Waals surface area contributed by atoms with Crippen LogP contribution in [0.15, 0.2) is 23.1 Å². The number of aliphatic hydroxyl groups excluding tert-OH is 1. The van der Waals surface area contributed by atoms with Crippen molar-refractivity contribution in [1.29, 1.82) is 0 Å². The number of piperazine rings is 1. The minimum Gasteiger partial charge on any atom is -0.392 e. The second-order valence-electron chi connectivity index (χ2n) is 5.89. The molecule has 2 aliphatic heterocycles. The number of hydrogen-bond donors (Lipinski definition) is 1. The molecule has 0 aliphatic carbocycles. The Morgan fingerprint density at radius 2 is 2.10 bits per heavy atom. The third-order valence-electron chi connectivity index (χ3n) is 4.73. The van der Waals surface area contributed by atoms with Crippen molar-refractivity contribution in [3.05, 3.63) is 29.3 Å². The van der Waals surface area contributed by atoms with Crippen LogP contribution >= 0.6 is 0 Å². The molecule has 1 N–H and O–H groups in total. The van der Waals surface area contributed by atoms with Crippen LogP contribution in [0.25, 0.3) is 0 Å². The smallest absolute Gasteiger partial charge is 0.243 e. The average molecular weight is 310 g/mol. The molecule has 0 saturated carbocycles. The molecule has 116 valence electrons. The van der Waals surface area contributed by atoms with Gasteiger partial charge in [-0.3, -0.25) is 4.90 Å². The number of fused-ring (bicyclic) bond motifs is 1. The molecule has 6 heteroatoms. The largest absolute Gasteiger partial charge is 0.392 e. The van der Waals surface area contributed by atoms with Gasteiger partial charge in [-0.15, -0.1) is 0 Å². The van der Waals surface area contributed by atoms with Crippen molar-refractivity contribution >= 4 is 10.0 Å². The Hall–Kier alpha value is -0.950. The normalized spacial score (nSPS) is 24.2. The predicted octanol–water partition coefficient (Wildman–Crippen LogP) is 0.956. The second kappa shape index (κ2) is 5.68. The fraction of sp³-hybridized carbons (Fsp3) is 0.600. The summed E-state index contributed by atoms with van der Waals surface area (Å²) >= 11 is 0. The molecule has 0 aromatic heterocycles. The van der Waals surface area contributed by atoms with Crippen LogP contribution < -0.4 is 0 Å². The zero-order chi connectivity index (χ0) is 15.0. The van der Waals surface area contributed by atoms with E-state index in [1.807, 2.05) is 0 Å². The lowest BCUT2D eigenvalue weighted by Crippen LogP contribution is -2.52. The van der Waals surface area contributed by atoms with Crippen molar-refractivity contribution in [2.24, 2.45) is 0 Å². The minimum absolute atomic E-state index is 0.133. The number of benzene rings is 1. The van der Waals surface area contributed by atoms with Crippen molar-refractivity contribution in [2.45, 2.75) is 37.3 Å². The maximum absolute atomic E-state index is 12.9. The summed E-state index contributed by atoms with van der Waals surface area (Å²) in [5.41, 5.74) is 1.34. The summed E-state index contributed by atoms with van der Waals surface area (Å²) < 4.78 is 27.4. The lowest BCUT2D eigenvalue weighted by Gasteiger charge is -2.36. The number of rotatable bonds is 3. The van der Waals surface area contributed by atoms with Crippen LogP contribution in [0.5, 0.6) is 0 Å². The number of sulfonamides is 1. The van der Waals surface area contributed by atoms with Crippen LogP contribution in [0.1, 0.15) is 24.0 Å². The van der Waals surface area contributed by atoms with Crippen LogP contribution in [0, 0.1) is 6.92 Å². The van der Waals surface area contributed by atoms with E-state index in [0.29, 0.717) is 35.2 Å². The van der Waals surface area contributed by atoms with Gasteiger partial charge in [0.15, 0.2) is 0 Å². The van der Waals surface area contributed by atoms with Gasteiger partial charge in [-0.25, -0.2) is 8.42 Å². The van der Waals surface area contributed by atoms with Gasteiger partial charge in [-0.05, 0) is 43.5 Å². The van der Waals surface area contributed by atoms with E-state index < -0.39 is 10.0 Å². The van der Waals surface area contributed by atoms with Gasteiger partial charge in [-0.1, -0.05) is 12.1 Å². The highest BCUT2D eigenvalue weighted by Gasteiger charge is 2.36. The van der Waals surface area contributed by atoms with Crippen LogP contribution in [-0.4, -0.2) is 55.0 Å². The van der Waals surface area contributed by atoms with E-state index in [-0.39, 0.29) is 6.61 Å². The Kier molecular flexibility index (Phi) is 4.05. The third-order valence-corrected chi connectivity index (χ3v) is 6.74. The molecule has 0 radical (unpaired) electrons. The first-order valence-electron chi connectivity index (χ1n) is 7.47. The van der Waals surface area contributed by atoms with E-state index in [4.69, 9.17) is 0 Å². The van der Waals surface area contributed by atoms with Gasteiger partial charge in [0.05, 0.1) is 11.5 Å². The molecule has 2 aliphatic rings. The minimum atomic E-state index is -3.47. The number of hydrogen-bond acceptors (Lipinski definition) is 4. The van der Waals surface area contributed by atoms with Crippen LogP contribution in [-0.2, 0) is 16.6 Å². The standard InChI is InChI=1S/C15H22N2O3S/c1-12-13(11-18)4-2-6-15(12)21(19,20)17-9-8-16-7-3-5-14(16)10-17/h2,4,6,14,18H,3,5,7-11H2,1H3. The molecule has 3 rings (SSSR count). The van der Waals surface area contributed by atoms with Crippen molar-refractivity contribution in [2.75, 3.05) is 26.2 Å². The molecule has 1 aromatic carbocycles. The fourth-order valence-corrected chi connectivity index (χ4v) is 5.17. The zero-order valence-corrected chi connectivity index (χ0v) is 13.1. The predicted molar refractivity (Wildman–Crippen MR) is 80.5 cm³/mol. The van der Waals surface area contributed by atoms with Crippen molar-refractivity contribution in [1.82, 2.24) is 9.21 Å². The summed E-state index contributed by atoms with van der Waals surface area (Å²) in [5.74, 6) is 0. The highest BCUT2D eigenvalue weighted by atomic mass is 32.2. The van der Waals surface area contributed by atoms with E-state index in [9.17, 15) is 13.5 Å². The van der Waals surface area contributed by atoms with Crippen LogP contribution in [0.2, 0.25) is 0 Å². The van der Waals surface area contributed by atoms with E-state index in [0.717, 1.165) is 25.9 Å². The van der Waals surface area contributed by atoms with Crippen molar-refractivity contribution in [3.63, 3.8) is 0 Å². The van der Waals surface area contributed by atoms with Gasteiger partial charge in [0.1, 0.15) is 0 Å². The quantitative estimate of drug-likeness (QED) is 0.903. The maximum Gasteiger partial charge on any atom is 0.243 e. The van der Waals surface area contributed by atoms with Gasteiger partial charge in [0.25, 0.3) is 0 Å². The first-order valence-corrected chi connectivity index (χ1v) is 8.91. The molecular weight excluding hydrogens is 288 g/mol. The Balaban J connectivity index is 1.90. The highest BCUT2D eigenvalue weighted by molar-refractivity contribution is 7.89.